The van der Waals surface area contributed by atoms with E-state index in [-0.39, 0.29) is 17.0 Å². The molecule has 0 fully saturated rings. The second kappa shape index (κ2) is 10.8. The molecule has 0 saturated carbocycles. The number of nitrogens with one attached hydrogen (secondary N) is 1. The number of anilines is 1. The summed E-state index contributed by atoms with van der Waals surface area (Å²) in [5.74, 6) is 0.832. The van der Waals surface area contributed by atoms with Crippen molar-refractivity contribution in [3.05, 3.63) is 41.4 Å². The first-order valence-corrected chi connectivity index (χ1v) is 11.1. The van der Waals surface area contributed by atoms with Gasteiger partial charge in [0.15, 0.2) is 0 Å². The molecule has 7 heteroatoms. The average Bonchev–Trinajstić information content (AvgIpc) is 2.68. The van der Waals surface area contributed by atoms with E-state index in [9.17, 15) is 0 Å². The molecule has 0 radical (unpaired) electrons. The summed E-state index contributed by atoms with van der Waals surface area (Å²) >= 11 is 9.73. The fourth-order valence-electron chi connectivity index (χ4n) is 3.53. The van der Waals surface area contributed by atoms with Crippen LogP contribution < -0.4 is 27.0 Å². The number of hydrogen-bond donors (Lipinski definition) is 1. The van der Waals surface area contributed by atoms with E-state index in [2.05, 4.69) is 41.4 Å². The molecule has 2 aromatic carbocycles. The largest absolute Gasteiger partial charge is 1.00 e. The van der Waals surface area contributed by atoms with Crippen LogP contribution in [0.5, 0.6) is 5.75 Å². The first-order chi connectivity index (χ1) is 13.4. The molecule has 0 aliphatic rings. The Morgan fingerprint density at radius 1 is 1.03 bits per heavy atom. The third-order valence-corrected chi connectivity index (χ3v) is 5.88. The van der Waals surface area contributed by atoms with Gasteiger partial charge < -0.3 is 31.5 Å². The van der Waals surface area contributed by atoms with E-state index in [0.29, 0.717) is 5.02 Å². The Balaban J connectivity index is 0.00000300. The van der Waals surface area contributed by atoms with Crippen LogP contribution in [-0.4, -0.2) is 55.6 Å². The number of hydrogen-bond acceptors (Lipinski definition) is 3. The molecule has 0 unspecified atom stereocenters. The normalized spacial score (nSPS) is 11.5. The van der Waals surface area contributed by atoms with Gasteiger partial charge in [0.1, 0.15) is 5.75 Å². The van der Waals surface area contributed by atoms with Crippen LogP contribution in [0.3, 0.4) is 0 Å². The third-order valence-electron chi connectivity index (χ3n) is 5.08. The van der Waals surface area contributed by atoms with Crippen molar-refractivity contribution < 1.29 is 26.2 Å². The lowest BCUT2D eigenvalue weighted by Crippen LogP contribution is -3.00. The smallest absolute Gasteiger partial charge is 0.119 e. The maximum Gasteiger partial charge on any atom is 0.119 e. The maximum atomic E-state index is 6.20. The van der Waals surface area contributed by atoms with Gasteiger partial charge in [-0.05, 0) is 36.4 Å². The standard InChI is InChI=1S/C22H28BrClN3O.BrH/c1-27(2,12-4-10-23)13-5-11-25-22-18-8-6-16(24)14-21(18)26-20-9-7-17(28-3)15-19(20)22;/h6-9,14-15H,4-5,10-13H2,1-3H3,(H,25,26);1H/q+1;/p-1. The second-order valence-electron chi connectivity index (χ2n) is 7.74. The van der Waals surface area contributed by atoms with E-state index in [4.69, 9.17) is 21.3 Å². The Labute approximate surface area is 197 Å². The van der Waals surface area contributed by atoms with Crippen molar-refractivity contribution in [2.75, 3.05) is 51.5 Å². The van der Waals surface area contributed by atoms with Crippen molar-refractivity contribution >= 4 is 55.0 Å². The van der Waals surface area contributed by atoms with Gasteiger partial charge in [-0.25, -0.2) is 4.98 Å². The van der Waals surface area contributed by atoms with E-state index < -0.39 is 0 Å². The van der Waals surface area contributed by atoms with Gasteiger partial charge in [0.2, 0.25) is 0 Å². The van der Waals surface area contributed by atoms with Gasteiger partial charge in [-0.15, -0.1) is 0 Å². The van der Waals surface area contributed by atoms with Crippen LogP contribution >= 0.6 is 27.5 Å². The average molecular weight is 546 g/mol. The number of ether oxygens (including phenoxy) is 1. The van der Waals surface area contributed by atoms with Crippen molar-refractivity contribution in [2.45, 2.75) is 12.8 Å². The van der Waals surface area contributed by atoms with E-state index in [1.807, 2.05) is 30.3 Å². The Hall–Kier alpha value is -1.08. The lowest BCUT2D eigenvalue weighted by Gasteiger charge is -2.29. The molecule has 3 rings (SSSR count). The monoisotopic (exact) mass is 543 g/mol. The van der Waals surface area contributed by atoms with Crippen LogP contribution in [0.2, 0.25) is 5.02 Å². The molecule has 1 aromatic heterocycles. The van der Waals surface area contributed by atoms with Crippen LogP contribution in [0.25, 0.3) is 21.8 Å². The first kappa shape index (κ1) is 24.2. The molecule has 1 N–H and O–H groups in total. The van der Waals surface area contributed by atoms with Crippen LogP contribution in [0.1, 0.15) is 12.8 Å². The molecular formula is C22H28Br2ClN3O. The number of rotatable bonds is 9. The zero-order valence-corrected chi connectivity index (χ0v) is 21.1. The van der Waals surface area contributed by atoms with E-state index in [0.717, 1.165) is 62.6 Å². The summed E-state index contributed by atoms with van der Waals surface area (Å²) < 4.78 is 6.47. The van der Waals surface area contributed by atoms with Gasteiger partial charge in [-0.3, -0.25) is 0 Å². The molecule has 0 saturated heterocycles. The summed E-state index contributed by atoms with van der Waals surface area (Å²) in [6.07, 6.45) is 2.29. The quantitative estimate of drug-likeness (QED) is 0.194. The molecule has 0 atom stereocenters. The fraction of sp³-hybridized carbons (Fsp3) is 0.409. The number of nitrogens with zero attached hydrogens (tertiary/aromatic N) is 2. The fourth-order valence-corrected chi connectivity index (χ4v) is 3.95. The highest BCUT2D eigenvalue weighted by Crippen LogP contribution is 2.34. The van der Waals surface area contributed by atoms with Crippen molar-refractivity contribution in [3.63, 3.8) is 0 Å². The van der Waals surface area contributed by atoms with E-state index in [1.54, 1.807) is 7.11 Å². The predicted molar refractivity (Wildman–Crippen MR) is 124 cm³/mol. The van der Waals surface area contributed by atoms with Crippen molar-refractivity contribution in [1.29, 1.82) is 0 Å². The molecule has 0 amide bonds. The minimum atomic E-state index is 0. The highest BCUT2D eigenvalue weighted by molar-refractivity contribution is 9.09. The summed E-state index contributed by atoms with van der Waals surface area (Å²) in [5, 5.41) is 7.59. The SMILES string of the molecule is COc1ccc2nc3cc(Cl)ccc3c(NCCC[N+](C)(C)CCCBr)c2c1.[Br-]. The lowest BCUT2D eigenvalue weighted by molar-refractivity contribution is -0.890. The summed E-state index contributed by atoms with van der Waals surface area (Å²) in [4.78, 5) is 4.79. The zero-order chi connectivity index (χ0) is 20.1. The Kier molecular flexibility index (Phi) is 9.01. The number of fused-ring (bicyclic) bond motifs is 2. The van der Waals surface area contributed by atoms with Crippen molar-refractivity contribution in [2.24, 2.45) is 0 Å². The number of methoxy groups -OCH3 is 1. The maximum absolute atomic E-state index is 6.20. The molecule has 29 heavy (non-hydrogen) atoms. The van der Waals surface area contributed by atoms with Gasteiger partial charge in [0.25, 0.3) is 0 Å². The minimum Gasteiger partial charge on any atom is -1.00 e. The molecule has 0 aliphatic heterocycles. The molecule has 1 heterocycles. The van der Waals surface area contributed by atoms with Crippen LogP contribution in [0.15, 0.2) is 36.4 Å². The highest BCUT2D eigenvalue weighted by Gasteiger charge is 2.15. The van der Waals surface area contributed by atoms with Gasteiger partial charge in [0.05, 0.1) is 51.0 Å². The number of alkyl halides is 1. The van der Waals surface area contributed by atoms with Gasteiger partial charge >= 0.3 is 0 Å². The van der Waals surface area contributed by atoms with Crippen molar-refractivity contribution in [1.82, 2.24) is 4.98 Å². The Morgan fingerprint density at radius 3 is 2.52 bits per heavy atom. The number of benzene rings is 2. The predicted octanol–water partition coefficient (Wildman–Crippen LogP) is 2.72. The van der Waals surface area contributed by atoms with Crippen LogP contribution in [0.4, 0.5) is 5.69 Å². The molecule has 3 aromatic rings. The van der Waals surface area contributed by atoms with E-state index >= 15 is 0 Å². The minimum absolute atomic E-state index is 0. The Morgan fingerprint density at radius 2 is 1.79 bits per heavy atom. The lowest BCUT2D eigenvalue weighted by atomic mass is 10.1. The second-order valence-corrected chi connectivity index (χ2v) is 8.97. The molecule has 0 spiro atoms. The third kappa shape index (κ3) is 6.20. The first-order valence-electron chi connectivity index (χ1n) is 9.62. The number of aromatic nitrogens is 1. The summed E-state index contributed by atoms with van der Waals surface area (Å²) in [5.41, 5.74) is 2.94. The van der Waals surface area contributed by atoms with Gasteiger partial charge in [0, 0.05) is 40.5 Å². The van der Waals surface area contributed by atoms with Crippen molar-refractivity contribution in [3.8, 4) is 5.75 Å². The topological polar surface area (TPSA) is 34.1 Å². The molecule has 4 nitrogen and oxygen atoms in total. The molecule has 0 aliphatic carbocycles. The Bertz CT molecular complexity index is 966. The van der Waals surface area contributed by atoms with Crippen LogP contribution in [-0.2, 0) is 0 Å². The van der Waals surface area contributed by atoms with Gasteiger partial charge in [-0.1, -0.05) is 27.5 Å². The summed E-state index contributed by atoms with van der Waals surface area (Å²) in [6.45, 7) is 3.22. The van der Waals surface area contributed by atoms with Gasteiger partial charge in [-0.2, -0.15) is 0 Å². The number of quaternary nitrogens is 1. The number of pyridine rings is 1. The van der Waals surface area contributed by atoms with E-state index in [1.165, 1.54) is 13.0 Å². The highest BCUT2D eigenvalue weighted by atomic mass is 79.9. The molecular weight excluding hydrogens is 518 g/mol. The summed E-state index contributed by atoms with van der Waals surface area (Å²) in [6, 6.07) is 11.9. The zero-order valence-electron chi connectivity index (χ0n) is 17.1. The van der Waals surface area contributed by atoms with Crippen LogP contribution in [0, 0.1) is 0 Å². The molecule has 158 valence electrons. The number of halogens is 3. The summed E-state index contributed by atoms with van der Waals surface area (Å²) in [7, 11) is 6.29. The molecule has 0 bridgehead atoms.